The maximum absolute atomic E-state index is 11.8. The number of halogens is 1. The summed E-state index contributed by atoms with van der Waals surface area (Å²) in [7, 11) is 0. The highest BCUT2D eigenvalue weighted by Crippen LogP contribution is 2.57. The first-order valence-corrected chi connectivity index (χ1v) is 5.46. The van der Waals surface area contributed by atoms with Gasteiger partial charge in [0.05, 0.1) is 6.42 Å². The number of hydrogen-bond acceptors (Lipinski definition) is 1. The Bertz CT molecular complexity index is 520. The Hall–Kier alpha value is -1.34. The zero-order valence-corrected chi connectivity index (χ0v) is 9.34. The van der Waals surface area contributed by atoms with Crippen LogP contribution in [0.2, 0.25) is 0 Å². The molecule has 1 aromatic carbocycles. The maximum Gasteiger partial charge on any atom is 0.244 e. The van der Waals surface area contributed by atoms with Crippen molar-refractivity contribution in [1.82, 2.24) is 0 Å². The second kappa shape index (κ2) is 2.61. The number of hydrogen-bond donors (Lipinski definition) is 1. The van der Waals surface area contributed by atoms with Crippen LogP contribution in [0.25, 0.3) is 4.85 Å². The van der Waals surface area contributed by atoms with E-state index < -0.39 is 5.41 Å². The third kappa shape index (κ3) is 0.963. The Morgan fingerprint density at radius 1 is 1.60 bits per heavy atom. The zero-order chi connectivity index (χ0) is 10.6. The molecule has 74 valence electrons. The number of amides is 1. The summed E-state index contributed by atoms with van der Waals surface area (Å²) >= 11 is 3.39. The molecule has 0 bridgehead atoms. The monoisotopic (exact) mass is 262 g/mol. The number of fused-ring (bicyclic) bond motifs is 2. The van der Waals surface area contributed by atoms with Gasteiger partial charge in [-0.25, -0.2) is 6.57 Å². The first-order chi connectivity index (χ1) is 7.18. The fraction of sp³-hybridized carbons (Fsp3) is 0.273. The summed E-state index contributed by atoms with van der Waals surface area (Å²) in [5.74, 6) is -0.0170. The second-order valence-corrected chi connectivity index (χ2v) is 4.88. The molecule has 1 aromatic rings. The van der Waals surface area contributed by atoms with Crippen molar-refractivity contribution in [2.24, 2.45) is 0 Å². The molecule has 3 nitrogen and oxygen atoms in total. The highest BCUT2D eigenvalue weighted by atomic mass is 79.9. The molecule has 1 saturated carbocycles. The van der Waals surface area contributed by atoms with E-state index in [0.29, 0.717) is 6.42 Å². The van der Waals surface area contributed by atoms with Crippen molar-refractivity contribution < 1.29 is 4.79 Å². The predicted octanol–water partition coefficient (Wildman–Crippen LogP) is 2.33. The highest BCUT2D eigenvalue weighted by molar-refractivity contribution is 9.10. The second-order valence-electron chi connectivity index (χ2n) is 3.96. The van der Waals surface area contributed by atoms with Gasteiger partial charge in [0.25, 0.3) is 0 Å². The van der Waals surface area contributed by atoms with Crippen molar-refractivity contribution in [3.63, 3.8) is 0 Å². The lowest BCUT2D eigenvalue weighted by Gasteiger charge is -2.02. The third-order valence-corrected chi connectivity index (χ3v) is 3.69. The molecule has 1 fully saturated rings. The molecule has 1 amide bonds. The summed E-state index contributed by atoms with van der Waals surface area (Å²) in [5, 5.41) is 2.84. The summed E-state index contributed by atoms with van der Waals surface area (Å²) in [6.45, 7) is 7.03. The summed E-state index contributed by atoms with van der Waals surface area (Å²) in [6, 6.07) is 5.55. The Balaban J connectivity index is 2.19. The van der Waals surface area contributed by atoms with Crippen molar-refractivity contribution in [2.75, 3.05) is 5.32 Å². The van der Waals surface area contributed by atoms with Gasteiger partial charge in [-0.2, -0.15) is 0 Å². The average Bonchev–Trinajstić information content (AvgIpc) is 2.89. The molecule has 3 rings (SSSR count). The molecule has 1 aliphatic carbocycles. The normalized spacial score (nSPS) is 30.9. The fourth-order valence-electron chi connectivity index (χ4n) is 2.29. The first-order valence-electron chi connectivity index (χ1n) is 4.66. The van der Waals surface area contributed by atoms with Gasteiger partial charge >= 0.3 is 0 Å². The van der Waals surface area contributed by atoms with Crippen LogP contribution in [0.3, 0.4) is 0 Å². The van der Waals surface area contributed by atoms with E-state index >= 15 is 0 Å². The lowest BCUT2D eigenvalue weighted by molar-refractivity contribution is -0.117. The van der Waals surface area contributed by atoms with Crippen LogP contribution < -0.4 is 5.32 Å². The van der Waals surface area contributed by atoms with Gasteiger partial charge < -0.3 is 10.2 Å². The van der Waals surface area contributed by atoms with Crippen molar-refractivity contribution in [1.29, 1.82) is 0 Å². The van der Waals surface area contributed by atoms with Crippen LogP contribution in [0.15, 0.2) is 22.7 Å². The van der Waals surface area contributed by atoms with Gasteiger partial charge in [-0.1, -0.05) is 15.9 Å². The fourth-order valence-corrected chi connectivity index (χ4v) is 2.65. The van der Waals surface area contributed by atoms with Gasteiger partial charge in [-0.05, 0) is 18.2 Å². The minimum absolute atomic E-state index is 0.0170. The third-order valence-electron chi connectivity index (χ3n) is 3.20. The van der Waals surface area contributed by atoms with Crippen LogP contribution in [0.5, 0.6) is 0 Å². The number of anilines is 1. The molecular weight excluding hydrogens is 256 g/mol. The van der Waals surface area contributed by atoms with Gasteiger partial charge in [0, 0.05) is 15.7 Å². The molecule has 2 unspecified atom stereocenters. The Morgan fingerprint density at radius 2 is 2.40 bits per heavy atom. The Kier molecular flexibility index (Phi) is 1.56. The van der Waals surface area contributed by atoms with E-state index in [-0.39, 0.29) is 11.9 Å². The summed E-state index contributed by atoms with van der Waals surface area (Å²) in [6.07, 6.45) is 0.659. The van der Waals surface area contributed by atoms with E-state index in [2.05, 4.69) is 26.1 Å². The average molecular weight is 263 g/mol. The number of rotatable bonds is 0. The van der Waals surface area contributed by atoms with Gasteiger partial charge in [0.1, 0.15) is 0 Å². The molecule has 2 aliphatic rings. The minimum Gasteiger partial charge on any atom is -0.325 e. The zero-order valence-electron chi connectivity index (χ0n) is 7.75. The number of carbonyl (C=O) groups excluding carboxylic acids is 1. The lowest BCUT2D eigenvalue weighted by Crippen LogP contribution is -2.22. The molecule has 1 aliphatic heterocycles. The standard InChI is InChI=1S/C11H7BrN2O/c1-13-9-5-11(9)7-4-6(12)2-3-8(7)14-10(11)15/h2-4,9H,5H2,(H,14,15). The molecule has 4 heteroatoms. The predicted molar refractivity (Wildman–Crippen MR) is 59.5 cm³/mol. The van der Waals surface area contributed by atoms with Gasteiger partial charge in [-0.15, -0.1) is 0 Å². The summed E-state index contributed by atoms with van der Waals surface area (Å²) in [4.78, 5) is 15.3. The Morgan fingerprint density at radius 3 is 3.07 bits per heavy atom. The SMILES string of the molecule is [C-]#[N+]C1CC12C(=O)Nc1ccc(Br)cc12. The smallest absolute Gasteiger partial charge is 0.244 e. The lowest BCUT2D eigenvalue weighted by atomic mass is 9.97. The van der Waals surface area contributed by atoms with Gasteiger partial charge in [-0.3, -0.25) is 4.79 Å². The molecule has 2 atom stereocenters. The minimum atomic E-state index is -0.541. The van der Waals surface area contributed by atoms with Crippen molar-refractivity contribution in [3.8, 4) is 0 Å². The number of nitrogens with one attached hydrogen (secondary N) is 1. The maximum atomic E-state index is 11.8. The van der Waals surface area contributed by atoms with Crippen LogP contribution >= 0.6 is 15.9 Å². The Labute approximate surface area is 95.4 Å². The van der Waals surface area contributed by atoms with Crippen LogP contribution in [0.4, 0.5) is 5.69 Å². The molecule has 0 saturated heterocycles. The van der Waals surface area contributed by atoms with Crippen LogP contribution in [0.1, 0.15) is 12.0 Å². The molecule has 15 heavy (non-hydrogen) atoms. The van der Waals surface area contributed by atoms with E-state index in [0.717, 1.165) is 15.7 Å². The van der Waals surface area contributed by atoms with E-state index in [1.807, 2.05) is 18.2 Å². The molecule has 1 N–H and O–H groups in total. The number of carbonyl (C=O) groups is 1. The number of nitrogens with zero attached hydrogens (tertiary/aromatic N) is 1. The first kappa shape index (κ1) is 8.93. The van der Waals surface area contributed by atoms with Gasteiger partial charge in [0.2, 0.25) is 11.9 Å². The summed E-state index contributed by atoms with van der Waals surface area (Å²) < 4.78 is 0.952. The van der Waals surface area contributed by atoms with E-state index in [1.54, 1.807) is 0 Å². The molecule has 0 radical (unpaired) electrons. The van der Waals surface area contributed by atoms with E-state index in [1.165, 1.54) is 0 Å². The van der Waals surface area contributed by atoms with Crippen LogP contribution in [0, 0.1) is 6.57 Å². The highest BCUT2D eigenvalue weighted by Gasteiger charge is 2.71. The van der Waals surface area contributed by atoms with Gasteiger partial charge in [0.15, 0.2) is 5.41 Å². The molecule has 1 heterocycles. The van der Waals surface area contributed by atoms with Crippen molar-refractivity contribution in [2.45, 2.75) is 17.9 Å². The van der Waals surface area contributed by atoms with E-state index in [4.69, 9.17) is 6.57 Å². The summed E-state index contributed by atoms with van der Waals surface area (Å²) in [5.41, 5.74) is 1.29. The molecule has 1 spiro atoms. The molecular formula is C11H7BrN2O. The van der Waals surface area contributed by atoms with Crippen LogP contribution in [-0.2, 0) is 10.2 Å². The van der Waals surface area contributed by atoms with E-state index in [9.17, 15) is 4.79 Å². The van der Waals surface area contributed by atoms with Crippen molar-refractivity contribution in [3.05, 3.63) is 39.7 Å². The quantitative estimate of drug-likeness (QED) is 0.716. The van der Waals surface area contributed by atoms with Crippen LogP contribution in [-0.4, -0.2) is 11.9 Å². The topological polar surface area (TPSA) is 33.5 Å². The number of benzene rings is 1. The van der Waals surface area contributed by atoms with Crippen molar-refractivity contribution >= 4 is 27.5 Å². The molecule has 0 aromatic heterocycles. The largest absolute Gasteiger partial charge is 0.325 e.